The molecular weight excluding hydrogens is 371 g/mol. The number of para-hydroxylation sites is 1. The van der Waals surface area contributed by atoms with Crippen LogP contribution in [0.2, 0.25) is 0 Å². The number of aromatic amines is 1. The normalized spacial score (nSPS) is 10.7. The minimum Gasteiger partial charge on any atom is -0.461 e. The lowest BCUT2D eigenvalue weighted by Crippen LogP contribution is -2.04. The summed E-state index contributed by atoms with van der Waals surface area (Å²) in [6, 6.07) is 21.5. The van der Waals surface area contributed by atoms with E-state index in [4.69, 9.17) is 9.47 Å². The second-order valence-corrected chi connectivity index (χ2v) is 6.36. The van der Waals surface area contributed by atoms with Gasteiger partial charge in [-0.2, -0.15) is 0 Å². The minimum atomic E-state index is -0.521. The standard InChI is InChI=1S/C23H19FN2O3/c1-2-28-23(27)21-14-18-20(12-11-19(24)22(18)26-21)25-15-7-6-10-17(13-15)29-16-8-4-3-5-9-16/h3-14,25-26H,2H2,1H3. The Bertz CT molecular complexity index is 1160. The Balaban J connectivity index is 1.63. The molecule has 4 aromatic rings. The average Bonchev–Trinajstić information content (AvgIpc) is 3.18. The lowest BCUT2D eigenvalue weighted by atomic mass is 10.2. The van der Waals surface area contributed by atoms with E-state index < -0.39 is 11.8 Å². The molecule has 0 atom stereocenters. The Kier molecular flexibility index (Phi) is 5.16. The number of esters is 1. The predicted octanol–water partition coefficient (Wildman–Crippen LogP) is 6.02. The van der Waals surface area contributed by atoms with Crippen LogP contribution in [0.3, 0.4) is 0 Å². The van der Waals surface area contributed by atoms with Gasteiger partial charge in [0.25, 0.3) is 0 Å². The second kappa shape index (κ2) is 8.06. The van der Waals surface area contributed by atoms with E-state index in [1.807, 2.05) is 54.6 Å². The molecule has 3 aromatic carbocycles. The van der Waals surface area contributed by atoms with Crippen LogP contribution in [0.15, 0.2) is 72.8 Å². The van der Waals surface area contributed by atoms with Crippen LogP contribution in [0.1, 0.15) is 17.4 Å². The lowest BCUT2D eigenvalue weighted by Gasteiger charge is -2.11. The molecule has 0 amide bonds. The molecule has 1 aromatic heterocycles. The summed E-state index contributed by atoms with van der Waals surface area (Å²) < 4.78 is 25.1. The van der Waals surface area contributed by atoms with Crippen molar-refractivity contribution in [3.8, 4) is 11.5 Å². The van der Waals surface area contributed by atoms with Crippen LogP contribution in [-0.2, 0) is 4.74 Å². The minimum absolute atomic E-state index is 0.205. The van der Waals surface area contributed by atoms with Gasteiger partial charge >= 0.3 is 5.97 Å². The average molecular weight is 390 g/mol. The van der Waals surface area contributed by atoms with Crippen LogP contribution in [0.4, 0.5) is 15.8 Å². The summed E-state index contributed by atoms with van der Waals surface area (Å²) in [5.74, 6) is 0.439. The molecule has 5 nitrogen and oxygen atoms in total. The van der Waals surface area contributed by atoms with Gasteiger partial charge in [0, 0.05) is 22.8 Å². The number of carbonyl (C=O) groups is 1. The first-order valence-electron chi connectivity index (χ1n) is 9.22. The number of halogens is 1. The summed E-state index contributed by atoms with van der Waals surface area (Å²) in [5.41, 5.74) is 1.88. The van der Waals surface area contributed by atoms with E-state index in [-0.39, 0.29) is 17.8 Å². The van der Waals surface area contributed by atoms with E-state index in [9.17, 15) is 9.18 Å². The molecule has 0 fully saturated rings. The number of carbonyl (C=O) groups excluding carboxylic acids is 1. The molecule has 0 saturated carbocycles. The molecule has 0 unspecified atom stereocenters. The summed E-state index contributed by atoms with van der Waals surface area (Å²) in [6.07, 6.45) is 0. The number of hydrogen-bond donors (Lipinski definition) is 2. The third kappa shape index (κ3) is 4.06. The van der Waals surface area contributed by atoms with Crippen LogP contribution < -0.4 is 10.1 Å². The lowest BCUT2D eigenvalue weighted by molar-refractivity contribution is 0.0520. The zero-order valence-electron chi connectivity index (χ0n) is 15.7. The van der Waals surface area contributed by atoms with Gasteiger partial charge in [-0.25, -0.2) is 9.18 Å². The number of H-pyrrole nitrogens is 1. The van der Waals surface area contributed by atoms with E-state index in [1.165, 1.54) is 6.07 Å². The number of rotatable bonds is 6. The smallest absolute Gasteiger partial charge is 0.354 e. The molecule has 6 heteroatoms. The molecule has 0 spiro atoms. The Labute approximate surface area is 167 Å². The highest BCUT2D eigenvalue weighted by Crippen LogP contribution is 2.31. The summed E-state index contributed by atoms with van der Waals surface area (Å²) in [7, 11) is 0. The van der Waals surface area contributed by atoms with Gasteiger partial charge in [-0.05, 0) is 49.4 Å². The van der Waals surface area contributed by atoms with Crippen LogP contribution in [0, 0.1) is 5.82 Å². The highest BCUT2D eigenvalue weighted by molar-refractivity contribution is 6.00. The van der Waals surface area contributed by atoms with Gasteiger partial charge in [0.05, 0.1) is 12.1 Å². The fraction of sp³-hybridized carbons (Fsp3) is 0.0870. The SMILES string of the molecule is CCOC(=O)c1cc2c(Nc3cccc(Oc4ccccc4)c3)ccc(F)c2[nH]1. The first-order chi connectivity index (χ1) is 14.1. The number of ether oxygens (including phenoxy) is 2. The molecule has 0 bridgehead atoms. The van der Waals surface area contributed by atoms with Crippen molar-refractivity contribution in [1.82, 2.24) is 4.98 Å². The fourth-order valence-electron chi connectivity index (χ4n) is 3.03. The highest BCUT2D eigenvalue weighted by Gasteiger charge is 2.15. The molecule has 0 aliphatic rings. The van der Waals surface area contributed by atoms with E-state index in [1.54, 1.807) is 19.1 Å². The van der Waals surface area contributed by atoms with Gasteiger partial charge in [-0.3, -0.25) is 0 Å². The summed E-state index contributed by atoms with van der Waals surface area (Å²) in [5, 5.41) is 3.82. The van der Waals surface area contributed by atoms with Crippen molar-refractivity contribution in [3.63, 3.8) is 0 Å². The number of benzene rings is 3. The van der Waals surface area contributed by atoms with Crippen molar-refractivity contribution in [2.24, 2.45) is 0 Å². The quantitative estimate of drug-likeness (QED) is 0.395. The zero-order chi connectivity index (χ0) is 20.2. The second-order valence-electron chi connectivity index (χ2n) is 6.36. The molecule has 0 aliphatic carbocycles. The molecule has 0 saturated heterocycles. The van der Waals surface area contributed by atoms with Gasteiger partial charge in [0.2, 0.25) is 0 Å². The van der Waals surface area contributed by atoms with Crippen molar-refractivity contribution in [1.29, 1.82) is 0 Å². The first-order valence-corrected chi connectivity index (χ1v) is 9.22. The van der Waals surface area contributed by atoms with Gasteiger partial charge in [-0.1, -0.05) is 24.3 Å². The maximum Gasteiger partial charge on any atom is 0.354 e. The van der Waals surface area contributed by atoms with Crippen molar-refractivity contribution < 1.29 is 18.7 Å². The zero-order valence-corrected chi connectivity index (χ0v) is 15.7. The van der Waals surface area contributed by atoms with Crippen LogP contribution in [0.5, 0.6) is 11.5 Å². The van der Waals surface area contributed by atoms with E-state index in [2.05, 4.69) is 10.3 Å². The molecular formula is C23H19FN2O3. The third-order valence-corrected chi connectivity index (χ3v) is 4.33. The number of fused-ring (bicyclic) bond motifs is 1. The number of hydrogen-bond acceptors (Lipinski definition) is 4. The highest BCUT2D eigenvalue weighted by atomic mass is 19.1. The first kappa shape index (κ1) is 18.6. The van der Waals surface area contributed by atoms with Crippen LogP contribution >= 0.6 is 0 Å². The predicted molar refractivity (Wildman–Crippen MR) is 110 cm³/mol. The Morgan fingerprint density at radius 3 is 2.59 bits per heavy atom. The molecule has 0 radical (unpaired) electrons. The van der Waals surface area contributed by atoms with Gasteiger partial charge in [0.15, 0.2) is 0 Å². The molecule has 4 rings (SSSR count). The number of nitrogens with one attached hydrogen (secondary N) is 2. The van der Waals surface area contributed by atoms with Crippen molar-refractivity contribution in [2.45, 2.75) is 6.92 Å². The maximum atomic E-state index is 14.2. The third-order valence-electron chi connectivity index (χ3n) is 4.33. The molecule has 146 valence electrons. The fourth-order valence-corrected chi connectivity index (χ4v) is 3.03. The van der Waals surface area contributed by atoms with Crippen molar-refractivity contribution in [3.05, 3.63) is 84.3 Å². The van der Waals surface area contributed by atoms with E-state index in [0.717, 1.165) is 11.4 Å². The summed E-state index contributed by atoms with van der Waals surface area (Å²) in [6.45, 7) is 1.97. The molecule has 2 N–H and O–H groups in total. The van der Waals surface area contributed by atoms with Gasteiger partial charge in [0.1, 0.15) is 23.0 Å². The molecule has 0 aliphatic heterocycles. The molecule has 29 heavy (non-hydrogen) atoms. The van der Waals surface area contributed by atoms with Crippen molar-refractivity contribution in [2.75, 3.05) is 11.9 Å². The topological polar surface area (TPSA) is 63.4 Å². The Morgan fingerprint density at radius 1 is 1.00 bits per heavy atom. The Hall–Kier alpha value is -3.80. The Morgan fingerprint density at radius 2 is 1.79 bits per heavy atom. The van der Waals surface area contributed by atoms with Gasteiger partial charge in [-0.15, -0.1) is 0 Å². The summed E-state index contributed by atoms with van der Waals surface area (Å²) >= 11 is 0. The van der Waals surface area contributed by atoms with E-state index in [0.29, 0.717) is 16.8 Å². The monoisotopic (exact) mass is 390 g/mol. The van der Waals surface area contributed by atoms with Crippen LogP contribution in [-0.4, -0.2) is 17.6 Å². The summed E-state index contributed by atoms with van der Waals surface area (Å²) in [4.78, 5) is 14.8. The molecule has 1 heterocycles. The largest absolute Gasteiger partial charge is 0.461 e. The van der Waals surface area contributed by atoms with E-state index >= 15 is 0 Å². The van der Waals surface area contributed by atoms with Gasteiger partial charge < -0.3 is 19.8 Å². The number of aromatic nitrogens is 1. The van der Waals surface area contributed by atoms with Crippen molar-refractivity contribution >= 4 is 28.2 Å². The maximum absolute atomic E-state index is 14.2. The number of anilines is 2. The van der Waals surface area contributed by atoms with Crippen LogP contribution in [0.25, 0.3) is 10.9 Å².